The maximum absolute atomic E-state index is 3.62. The second-order valence-electron chi connectivity index (χ2n) is 5.10. The van der Waals surface area contributed by atoms with Crippen LogP contribution in [0.5, 0.6) is 0 Å². The summed E-state index contributed by atoms with van der Waals surface area (Å²) in [4.78, 5) is 0. The molecule has 1 aromatic carbocycles. The van der Waals surface area contributed by atoms with Crippen LogP contribution >= 0.6 is 0 Å². The van der Waals surface area contributed by atoms with Gasteiger partial charge in [0.1, 0.15) is 0 Å². The molecule has 1 aliphatic rings. The van der Waals surface area contributed by atoms with E-state index in [2.05, 4.69) is 48.7 Å². The number of hydrogen-bond acceptors (Lipinski definition) is 2. The second-order valence-corrected chi connectivity index (χ2v) is 5.10. The van der Waals surface area contributed by atoms with Gasteiger partial charge in [0.25, 0.3) is 0 Å². The predicted molar refractivity (Wildman–Crippen MR) is 74.7 cm³/mol. The van der Waals surface area contributed by atoms with Crippen LogP contribution in [-0.4, -0.2) is 19.1 Å². The van der Waals surface area contributed by atoms with E-state index >= 15 is 0 Å². The van der Waals surface area contributed by atoms with E-state index < -0.39 is 0 Å². The molecule has 1 aromatic rings. The molecule has 0 radical (unpaired) electrons. The molecule has 1 unspecified atom stereocenters. The summed E-state index contributed by atoms with van der Waals surface area (Å²) < 4.78 is 0. The standard InChI is InChI=1S/C15H24N2/c1-3-12(2)13-4-6-14(7-5-13)17-15-8-10-16-11-9-15/h4-7,12,15-17H,3,8-11H2,1-2H3. The van der Waals surface area contributed by atoms with E-state index in [9.17, 15) is 0 Å². The molecule has 0 amide bonds. The fraction of sp³-hybridized carbons (Fsp3) is 0.600. The summed E-state index contributed by atoms with van der Waals surface area (Å²) in [6.45, 7) is 6.81. The van der Waals surface area contributed by atoms with Crippen molar-refractivity contribution in [1.29, 1.82) is 0 Å². The van der Waals surface area contributed by atoms with E-state index in [1.807, 2.05) is 0 Å². The van der Waals surface area contributed by atoms with Crippen molar-refractivity contribution in [2.75, 3.05) is 18.4 Å². The zero-order valence-electron chi connectivity index (χ0n) is 11.0. The topological polar surface area (TPSA) is 24.1 Å². The van der Waals surface area contributed by atoms with Gasteiger partial charge in [0.2, 0.25) is 0 Å². The van der Waals surface area contributed by atoms with Crippen LogP contribution in [0, 0.1) is 0 Å². The van der Waals surface area contributed by atoms with Crippen LogP contribution in [0.25, 0.3) is 0 Å². The number of rotatable bonds is 4. The molecule has 1 fully saturated rings. The molecule has 2 N–H and O–H groups in total. The highest BCUT2D eigenvalue weighted by Gasteiger charge is 2.12. The van der Waals surface area contributed by atoms with Crippen LogP contribution in [0.4, 0.5) is 5.69 Å². The van der Waals surface area contributed by atoms with Gasteiger partial charge in [-0.25, -0.2) is 0 Å². The van der Waals surface area contributed by atoms with Gasteiger partial charge in [0.05, 0.1) is 0 Å². The minimum atomic E-state index is 0.644. The monoisotopic (exact) mass is 232 g/mol. The van der Waals surface area contributed by atoms with Gasteiger partial charge in [0, 0.05) is 11.7 Å². The summed E-state index contributed by atoms with van der Waals surface area (Å²) >= 11 is 0. The third kappa shape index (κ3) is 3.47. The molecule has 0 aliphatic carbocycles. The quantitative estimate of drug-likeness (QED) is 0.831. The van der Waals surface area contributed by atoms with E-state index in [4.69, 9.17) is 0 Å². The van der Waals surface area contributed by atoms with Gasteiger partial charge in [-0.05, 0) is 56.0 Å². The van der Waals surface area contributed by atoms with Crippen molar-refractivity contribution in [2.45, 2.75) is 45.1 Å². The molecule has 1 heterocycles. The molecular weight excluding hydrogens is 208 g/mol. The Kier molecular flexibility index (Phi) is 4.43. The third-order valence-corrected chi connectivity index (χ3v) is 3.80. The van der Waals surface area contributed by atoms with Gasteiger partial charge in [-0.3, -0.25) is 0 Å². The van der Waals surface area contributed by atoms with Crippen LogP contribution in [0.3, 0.4) is 0 Å². The lowest BCUT2D eigenvalue weighted by Crippen LogP contribution is -2.35. The van der Waals surface area contributed by atoms with Gasteiger partial charge in [-0.2, -0.15) is 0 Å². The Morgan fingerprint density at radius 3 is 2.47 bits per heavy atom. The smallest absolute Gasteiger partial charge is 0.0342 e. The minimum absolute atomic E-state index is 0.644. The molecule has 1 atom stereocenters. The summed E-state index contributed by atoms with van der Waals surface area (Å²) in [5.74, 6) is 0.669. The first-order chi connectivity index (χ1) is 8.29. The number of anilines is 1. The number of hydrogen-bond donors (Lipinski definition) is 2. The first kappa shape index (κ1) is 12.4. The van der Waals surface area contributed by atoms with Crippen molar-refractivity contribution in [3.8, 4) is 0 Å². The maximum atomic E-state index is 3.62. The van der Waals surface area contributed by atoms with Crippen molar-refractivity contribution in [2.24, 2.45) is 0 Å². The molecular formula is C15H24N2. The van der Waals surface area contributed by atoms with Crippen LogP contribution in [-0.2, 0) is 0 Å². The van der Waals surface area contributed by atoms with Crippen molar-refractivity contribution in [3.05, 3.63) is 29.8 Å². The fourth-order valence-electron chi connectivity index (χ4n) is 2.35. The summed E-state index contributed by atoms with van der Waals surface area (Å²) in [6.07, 6.45) is 3.67. The SMILES string of the molecule is CCC(C)c1ccc(NC2CCNCC2)cc1. The second kappa shape index (κ2) is 6.06. The zero-order chi connectivity index (χ0) is 12.1. The highest BCUT2D eigenvalue weighted by molar-refractivity contribution is 5.46. The minimum Gasteiger partial charge on any atom is -0.382 e. The normalized spacial score (nSPS) is 18.9. The number of benzene rings is 1. The Labute approximate surface area is 105 Å². The molecule has 2 rings (SSSR count). The highest BCUT2D eigenvalue weighted by Crippen LogP contribution is 2.21. The van der Waals surface area contributed by atoms with E-state index in [-0.39, 0.29) is 0 Å². The van der Waals surface area contributed by atoms with Crippen molar-refractivity contribution in [1.82, 2.24) is 5.32 Å². The average Bonchev–Trinajstić information content (AvgIpc) is 2.40. The van der Waals surface area contributed by atoms with E-state index in [0.717, 1.165) is 13.1 Å². The predicted octanol–water partition coefficient (Wildman–Crippen LogP) is 3.36. The lowest BCUT2D eigenvalue weighted by Gasteiger charge is -2.24. The number of piperidine rings is 1. The van der Waals surface area contributed by atoms with Crippen molar-refractivity contribution < 1.29 is 0 Å². The molecule has 0 saturated carbocycles. The zero-order valence-corrected chi connectivity index (χ0v) is 11.0. The van der Waals surface area contributed by atoms with Crippen LogP contribution in [0.1, 0.15) is 44.6 Å². The fourth-order valence-corrected chi connectivity index (χ4v) is 2.35. The Bertz CT molecular complexity index is 325. The maximum Gasteiger partial charge on any atom is 0.0342 e. The molecule has 1 saturated heterocycles. The summed E-state index contributed by atoms with van der Waals surface area (Å²) in [6, 6.07) is 9.62. The van der Waals surface area contributed by atoms with Crippen molar-refractivity contribution in [3.63, 3.8) is 0 Å². The molecule has 0 spiro atoms. The lowest BCUT2D eigenvalue weighted by atomic mass is 9.98. The Hall–Kier alpha value is -1.02. The van der Waals surface area contributed by atoms with Crippen molar-refractivity contribution >= 4 is 5.69 Å². The van der Waals surface area contributed by atoms with Gasteiger partial charge >= 0.3 is 0 Å². The summed E-state index contributed by atoms with van der Waals surface area (Å²) in [5.41, 5.74) is 2.72. The molecule has 2 heteroatoms. The first-order valence-electron chi connectivity index (χ1n) is 6.87. The average molecular weight is 232 g/mol. The Morgan fingerprint density at radius 1 is 1.24 bits per heavy atom. The van der Waals surface area contributed by atoms with Gasteiger partial charge in [0.15, 0.2) is 0 Å². The molecule has 1 aliphatic heterocycles. The van der Waals surface area contributed by atoms with Gasteiger partial charge in [-0.15, -0.1) is 0 Å². The summed E-state index contributed by atoms with van der Waals surface area (Å²) in [7, 11) is 0. The summed E-state index contributed by atoms with van der Waals surface area (Å²) in [5, 5.41) is 7.02. The van der Waals surface area contributed by atoms with Crippen LogP contribution in [0.15, 0.2) is 24.3 Å². The van der Waals surface area contributed by atoms with Crippen LogP contribution in [0.2, 0.25) is 0 Å². The Morgan fingerprint density at radius 2 is 1.88 bits per heavy atom. The van der Waals surface area contributed by atoms with Crippen LogP contribution < -0.4 is 10.6 Å². The number of nitrogens with one attached hydrogen (secondary N) is 2. The largest absolute Gasteiger partial charge is 0.382 e. The molecule has 0 bridgehead atoms. The Balaban J connectivity index is 1.93. The molecule has 0 aromatic heterocycles. The molecule has 94 valence electrons. The van der Waals surface area contributed by atoms with Gasteiger partial charge < -0.3 is 10.6 Å². The molecule has 2 nitrogen and oxygen atoms in total. The third-order valence-electron chi connectivity index (χ3n) is 3.80. The lowest BCUT2D eigenvalue weighted by molar-refractivity contribution is 0.479. The van der Waals surface area contributed by atoms with E-state index in [0.29, 0.717) is 12.0 Å². The molecule has 17 heavy (non-hydrogen) atoms. The first-order valence-corrected chi connectivity index (χ1v) is 6.87. The van der Waals surface area contributed by atoms with E-state index in [1.165, 1.54) is 30.5 Å². The van der Waals surface area contributed by atoms with E-state index in [1.54, 1.807) is 0 Å². The van der Waals surface area contributed by atoms with Gasteiger partial charge in [-0.1, -0.05) is 26.0 Å². The highest BCUT2D eigenvalue weighted by atomic mass is 15.0.